The van der Waals surface area contributed by atoms with Crippen LogP contribution in [-0.2, 0) is 11.2 Å². The summed E-state index contributed by atoms with van der Waals surface area (Å²) in [7, 11) is 0. The van der Waals surface area contributed by atoms with Crippen molar-refractivity contribution < 1.29 is 9.32 Å². The van der Waals surface area contributed by atoms with Crippen LogP contribution in [0.25, 0.3) is 11.5 Å². The molecule has 1 aliphatic heterocycles. The largest absolute Gasteiger partial charge is 0.332 e. The first kappa shape index (κ1) is 18.0. The van der Waals surface area contributed by atoms with Crippen molar-refractivity contribution in [2.45, 2.75) is 12.6 Å². The van der Waals surface area contributed by atoms with E-state index >= 15 is 0 Å². The van der Waals surface area contributed by atoms with Crippen molar-refractivity contribution >= 4 is 17.4 Å². The maximum atomic E-state index is 13.0. The molecule has 0 aliphatic carbocycles. The summed E-state index contributed by atoms with van der Waals surface area (Å²) in [5, 5.41) is 7.02. The van der Waals surface area contributed by atoms with Gasteiger partial charge in [-0.25, -0.2) is 0 Å². The van der Waals surface area contributed by atoms with E-state index in [0.717, 1.165) is 28.0 Å². The fraction of sp³-hybridized carbons (Fsp3) is 0.0833. The van der Waals surface area contributed by atoms with Crippen molar-refractivity contribution in [2.24, 2.45) is 4.99 Å². The Morgan fingerprint density at radius 2 is 1.50 bits per heavy atom. The first-order valence-electron chi connectivity index (χ1n) is 9.68. The molecule has 1 atom stereocenters. The average molecular weight is 394 g/mol. The quantitative estimate of drug-likeness (QED) is 0.563. The summed E-state index contributed by atoms with van der Waals surface area (Å²) in [6.45, 7) is 0. The van der Waals surface area contributed by atoms with E-state index in [1.807, 2.05) is 84.9 Å². The standard InChI is InChI=1S/C24H18N4O2/c29-20-15-18-13-7-8-14-19(18)21(16-9-3-1-4-10-16)25-22(20)26-24-27-23(30-28-24)17-11-5-2-6-12-17/h1-14,22H,15H2,(H,26,28). The van der Waals surface area contributed by atoms with Crippen LogP contribution < -0.4 is 5.32 Å². The molecule has 1 aromatic heterocycles. The molecule has 0 saturated carbocycles. The molecular formula is C24H18N4O2. The zero-order valence-corrected chi connectivity index (χ0v) is 16.0. The van der Waals surface area contributed by atoms with Gasteiger partial charge in [-0.05, 0) is 22.9 Å². The van der Waals surface area contributed by atoms with Gasteiger partial charge in [-0.2, -0.15) is 4.98 Å². The van der Waals surface area contributed by atoms with Crippen LogP contribution in [0.2, 0.25) is 0 Å². The third-order valence-corrected chi connectivity index (χ3v) is 4.96. The molecule has 6 heteroatoms. The summed E-state index contributed by atoms with van der Waals surface area (Å²) in [5.74, 6) is 0.559. The van der Waals surface area contributed by atoms with Gasteiger partial charge in [-0.3, -0.25) is 9.79 Å². The second-order valence-corrected chi connectivity index (χ2v) is 6.98. The van der Waals surface area contributed by atoms with Gasteiger partial charge in [0, 0.05) is 23.1 Å². The van der Waals surface area contributed by atoms with Crippen LogP contribution in [0.15, 0.2) is 94.4 Å². The number of carbonyl (C=O) groups excluding carboxylic acids is 1. The van der Waals surface area contributed by atoms with Gasteiger partial charge >= 0.3 is 0 Å². The topological polar surface area (TPSA) is 80.4 Å². The molecule has 30 heavy (non-hydrogen) atoms. The zero-order valence-electron chi connectivity index (χ0n) is 16.0. The number of benzene rings is 3. The maximum absolute atomic E-state index is 13.0. The Morgan fingerprint density at radius 1 is 0.833 bits per heavy atom. The summed E-state index contributed by atoms with van der Waals surface area (Å²) in [6.07, 6.45) is -0.536. The van der Waals surface area contributed by atoms with Crippen LogP contribution in [0, 0.1) is 0 Å². The number of rotatable bonds is 4. The fourth-order valence-corrected chi connectivity index (χ4v) is 3.50. The fourth-order valence-electron chi connectivity index (χ4n) is 3.50. The number of aromatic nitrogens is 2. The molecule has 1 aliphatic rings. The summed E-state index contributed by atoms with van der Waals surface area (Å²) >= 11 is 0. The summed E-state index contributed by atoms with van der Waals surface area (Å²) in [6, 6.07) is 27.2. The van der Waals surface area contributed by atoms with E-state index in [2.05, 4.69) is 15.5 Å². The van der Waals surface area contributed by atoms with Gasteiger partial charge in [-0.1, -0.05) is 72.8 Å². The lowest BCUT2D eigenvalue weighted by atomic mass is 9.96. The Morgan fingerprint density at radius 3 is 2.27 bits per heavy atom. The molecule has 2 heterocycles. The van der Waals surface area contributed by atoms with Crippen molar-refractivity contribution in [1.82, 2.24) is 10.1 Å². The molecular weight excluding hydrogens is 376 g/mol. The number of aliphatic imine (C=N–C) groups is 1. The Kier molecular flexibility index (Phi) is 4.65. The second-order valence-electron chi connectivity index (χ2n) is 6.98. The smallest absolute Gasteiger partial charge is 0.265 e. The van der Waals surface area contributed by atoms with Crippen molar-refractivity contribution in [2.75, 3.05) is 5.32 Å². The third-order valence-electron chi connectivity index (χ3n) is 4.96. The highest BCUT2D eigenvalue weighted by Crippen LogP contribution is 2.23. The van der Waals surface area contributed by atoms with Gasteiger partial charge < -0.3 is 9.84 Å². The predicted molar refractivity (Wildman–Crippen MR) is 114 cm³/mol. The van der Waals surface area contributed by atoms with E-state index in [1.165, 1.54) is 0 Å². The summed E-state index contributed by atoms with van der Waals surface area (Å²) in [5.41, 5.74) is 4.43. The molecule has 1 unspecified atom stereocenters. The molecule has 0 fully saturated rings. The lowest BCUT2D eigenvalue weighted by Gasteiger charge is -2.11. The minimum atomic E-state index is -0.811. The lowest BCUT2D eigenvalue weighted by Crippen LogP contribution is -2.29. The second kappa shape index (κ2) is 7.75. The van der Waals surface area contributed by atoms with E-state index in [4.69, 9.17) is 9.52 Å². The number of nitrogens with zero attached hydrogens (tertiary/aromatic N) is 3. The van der Waals surface area contributed by atoms with Crippen LogP contribution in [0.3, 0.4) is 0 Å². The molecule has 4 aromatic rings. The summed E-state index contributed by atoms with van der Waals surface area (Å²) < 4.78 is 5.35. The highest BCUT2D eigenvalue weighted by molar-refractivity contribution is 6.16. The number of hydrogen-bond donors (Lipinski definition) is 1. The highest BCUT2D eigenvalue weighted by Gasteiger charge is 2.27. The van der Waals surface area contributed by atoms with Gasteiger partial charge in [0.25, 0.3) is 11.8 Å². The van der Waals surface area contributed by atoms with Crippen LogP contribution >= 0.6 is 0 Å². The van der Waals surface area contributed by atoms with Gasteiger partial charge in [0.1, 0.15) is 0 Å². The predicted octanol–water partition coefficient (Wildman–Crippen LogP) is 4.14. The average Bonchev–Trinajstić information content (AvgIpc) is 3.21. The Balaban J connectivity index is 1.51. The van der Waals surface area contributed by atoms with Gasteiger partial charge in [0.2, 0.25) is 0 Å². The number of ketones is 1. The number of nitrogens with one attached hydrogen (secondary N) is 1. The van der Waals surface area contributed by atoms with Crippen LogP contribution in [0.1, 0.15) is 16.7 Å². The lowest BCUT2D eigenvalue weighted by molar-refractivity contribution is -0.119. The number of Topliss-reactive ketones (excluding diaryl/α,β-unsaturated/α-hetero) is 1. The molecule has 0 radical (unpaired) electrons. The van der Waals surface area contributed by atoms with Crippen LogP contribution in [-0.4, -0.2) is 27.8 Å². The van der Waals surface area contributed by atoms with E-state index in [9.17, 15) is 4.79 Å². The van der Waals surface area contributed by atoms with E-state index < -0.39 is 6.17 Å². The normalized spacial score (nSPS) is 15.8. The molecule has 1 N–H and O–H groups in total. The number of fused-ring (bicyclic) bond motifs is 1. The number of carbonyl (C=O) groups is 1. The number of anilines is 1. The highest BCUT2D eigenvalue weighted by atomic mass is 16.5. The van der Waals surface area contributed by atoms with Gasteiger partial charge in [-0.15, -0.1) is 0 Å². The molecule has 6 nitrogen and oxygen atoms in total. The molecule has 5 rings (SSSR count). The van der Waals surface area contributed by atoms with E-state index in [1.54, 1.807) is 0 Å². The Labute approximate surface area is 173 Å². The zero-order chi connectivity index (χ0) is 20.3. The minimum Gasteiger partial charge on any atom is -0.332 e. The Bertz CT molecular complexity index is 1220. The number of hydrogen-bond acceptors (Lipinski definition) is 6. The molecule has 0 spiro atoms. The van der Waals surface area contributed by atoms with Gasteiger partial charge in [0.05, 0.1) is 5.71 Å². The van der Waals surface area contributed by atoms with Crippen molar-refractivity contribution in [3.8, 4) is 11.5 Å². The molecule has 146 valence electrons. The summed E-state index contributed by atoms with van der Waals surface area (Å²) in [4.78, 5) is 22.1. The molecule has 0 amide bonds. The first-order chi connectivity index (χ1) is 14.8. The van der Waals surface area contributed by atoms with Crippen LogP contribution in [0.5, 0.6) is 0 Å². The maximum Gasteiger partial charge on any atom is 0.265 e. The minimum absolute atomic E-state index is 0.0561. The van der Waals surface area contributed by atoms with Crippen molar-refractivity contribution in [3.05, 3.63) is 102 Å². The SMILES string of the molecule is O=C1Cc2ccccc2C(c2ccccc2)=NC1Nc1noc(-c2ccccc2)n1. The van der Waals surface area contributed by atoms with Crippen molar-refractivity contribution in [3.63, 3.8) is 0 Å². The van der Waals surface area contributed by atoms with Crippen molar-refractivity contribution in [1.29, 1.82) is 0 Å². The van der Waals surface area contributed by atoms with Crippen LogP contribution in [0.4, 0.5) is 5.95 Å². The van der Waals surface area contributed by atoms with E-state index in [0.29, 0.717) is 5.89 Å². The molecule has 0 bridgehead atoms. The molecule has 3 aromatic carbocycles. The van der Waals surface area contributed by atoms with Gasteiger partial charge in [0.15, 0.2) is 11.9 Å². The third kappa shape index (κ3) is 3.51. The first-order valence-corrected chi connectivity index (χ1v) is 9.68. The van der Waals surface area contributed by atoms with E-state index in [-0.39, 0.29) is 18.2 Å². The molecule has 0 saturated heterocycles. The monoisotopic (exact) mass is 394 g/mol. The Hall–Kier alpha value is -4.06.